The van der Waals surface area contributed by atoms with Gasteiger partial charge in [-0.25, -0.2) is 23.1 Å². The highest BCUT2D eigenvalue weighted by Crippen LogP contribution is 2.34. The molecule has 280 valence electrons. The average molecular weight is 738 g/mol. The molecule has 6 rings (SSSR count). The number of aryl methyl sites for hydroxylation is 2. The van der Waals surface area contributed by atoms with E-state index in [0.717, 1.165) is 81.0 Å². The number of anilines is 1. The summed E-state index contributed by atoms with van der Waals surface area (Å²) in [5, 5.41) is 2.68. The second kappa shape index (κ2) is 17.0. The summed E-state index contributed by atoms with van der Waals surface area (Å²) in [6.07, 6.45) is 5.41. The van der Waals surface area contributed by atoms with Crippen LogP contribution in [0.5, 0.6) is 0 Å². The average Bonchev–Trinajstić information content (AvgIpc) is 3.17. The second-order valence-corrected chi connectivity index (χ2v) is 16.4. The van der Waals surface area contributed by atoms with Crippen molar-refractivity contribution in [3.05, 3.63) is 125 Å². The first-order valence-corrected chi connectivity index (χ1v) is 20.2. The maximum absolute atomic E-state index is 13.4. The molecule has 2 saturated heterocycles. The summed E-state index contributed by atoms with van der Waals surface area (Å²) in [5.41, 5.74) is 5.83. The van der Waals surface area contributed by atoms with Gasteiger partial charge in [0.2, 0.25) is 10.0 Å². The van der Waals surface area contributed by atoms with E-state index in [1.54, 1.807) is 24.3 Å². The van der Waals surface area contributed by atoms with Gasteiger partial charge in [0.15, 0.2) is 0 Å². The summed E-state index contributed by atoms with van der Waals surface area (Å²) in [5.74, 6) is -0.466. The first kappa shape index (κ1) is 38.1. The predicted molar refractivity (Wildman–Crippen MR) is 208 cm³/mol. The van der Waals surface area contributed by atoms with Crippen molar-refractivity contribution in [3.63, 3.8) is 0 Å². The van der Waals surface area contributed by atoms with Crippen LogP contribution in [-0.2, 0) is 23.1 Å². The molecule has 0 unspecified atom stereocenters. The smallest absolute Gasteiger partial charge is 0.257 e. The van der Waals surface area contributed by atoms with E-state index in [9.17, 15) is 18.0 Å². The van der Waals surface area contributed by atoms with E-state index in [2.05, 4.69) is 73.1 Å². The van der Waals surface area contributed by atoms with Crippen LogP contribution in [0.25, 0.3) is 0 Å². The van der Waals surface area contributed by atoms with Gasteiger partial charge >= 0.3 is 0 Å². The van der Waals surface area contributed by atoms with E-state index >= 15 is 0 Å². The highest BCUT2D eigenvalue weighted by Gasteiger charge is 2.40. The molecule has 0 bridgehead atoms. The number of aromatic nitrogens is 2. The third-order valence-corrected chi connectivity index (χ3v) is 12.2. The predicted octanol–water partition coefficient (Wildman–Crippen LogP) is 5.11. The number of nitrogens with one attached hydrogen (secondary N) is 2. The molecule has 3 heterocycles. The Labute approximate surface area is 313 Å². The fourth-order valence-electron chi connectivity index (χ4n) is 7.56. The Balaban J connectivity index is 1.04. The Hall–Kier alpha value is -4.65. The van der Waals surface area contributed by atoms with Crippen molar-refractivity contribution < 1.29 is 18.0 Å². The molecule has 0 aliphatic carbocycles. The summed E-state index contributed by atoms with van der Waals surface area (Å²) < 4.78 is 28.1. The number of nitrogens with zero attached hydrogens (tertiary/aromatic N) is 5. The van der Waals surface area contributed by atoms with Crippen molar-refractivity contribution in [1.29, 1.82) is 0 Å². The first-order chi connectivity index (χ1) is 25.5. The number of amides is 2. The van der Waals surface area contributed by atoms with Crippen LogP contribution in [-0.4, -0.2) is 90.1 Å². The van der Waals surface area contributed by atoms with E-state index in [-0.39, 0.29) is 36.2 Å². The minimum atomic E-state index is -3.59. The van der Waals surface area contributed by atoms with E-state index in [1.807, 2.05) is 43.0 Å². The lowest BCUT2D eigenvalue weighted by atomic mass is 9.85. The van der Waals surface area contributed by atoms with Gasteiger partial charge in [0.05, 0.1) is 22.7 Å². The Bertz CT molecular complexity index is 1920. The van der Waals surface area contributed by atoms with Crippen LogP contribution in [0, 0.1) is 13.8 Å². The minimum absolute atomic E-state index is 0.0239. The number of sulfonamides is 1. The lowest BCUT2D eigenvalue weighted by Crippen LogP contribution is -2.58. The molecule has 2 aliphatic heterocycles. The van der Waals surface area contributed by atoms with Gasteiger partial charge in [0, 0.05) is 68.6 Å². The van der Waals surface area contributed by atoms with Crippen molar-refractivity contribution in [1.82, 2.24) is 29.8 Å². The standard InChI is InChI=1S/C41H51N7O4S/c1-31-38(32(2)44-30-43-31)40(50)46-25-20-41(3,21-26-46)47-23-18-37(19-24-47)48(29-34-10-6-4-7-11-34)36-16-14-33(15-17-36)28-45-53(51,52)27-22-42-39(49)35-12-8-5-9-13-35/h4-17,30,37,45H,18-29H2,1-3H3,(H,42,49). The van der Waals surface area contributed by atoms with Gasteiger partial charge in [-0.05, 0) is 81.8 Å². The molecule has 2 fully saturated rings. The summed E-state index contributed by atoms with van der Waals surface area (Å²) in [4.78, 5) is 41.3. The fourth-order valence-corrected chi connectivity index (χ4v) is 8.46. The van der Waals surface area contributed by atoms with E-state index < -0.39 is 10.0 Å². The Morgan fingerprint density at radius 2 is 1.43 bits per heavy atom. The van der Waals surface area contributed by atoms with Crippen molar-refractivity contribution in [2.75, 3.05) is 43.4 Å². The summed E-state index contributed by atoms with van der Waals surface area (Å²) in [6, 6.07) is 27.8. The lowest BCUT2D eigenvalue weighted by Gasteiger charge is -2.50. The molecule has 0 radical (unpaired) electrons. The maximum atomic E-state index is 13.4. The molecule has 3 aromatic carbocycles. The third kappa shape index (κ3) is 9.67. The summed E-state index contributed by atoms with van der Waals surface area (Å²) in [6.45, 7) is 10.5. The van der Waals surface area contributed by atoms with Crippen LogP contribution in [0.3, 0.4) is 0 Å². The lowest BCUT2D eigenvalue weighted by molar-refractivity contribution is 0.0170. The normalized spacial score (nSPS) is 16.6. The molecule has 53 heavy (non-hydrogen) atoms. The van der Waals surface area contributed by atoms with Gasteiger partial charge in [0.25, 0.3) is 11.8 Å². The molecule has 2 aliphatic rings. The van der Waals surface area contributed by atoms with Crippen LogP contribution >= 0.6 is 0 Å². The molecule has 12 heteroatoms. The summed E-state index contributed by atoms with van der Waals surface area (Å²) in [7, 11) is -3.59. The van der Waals surface area contributed by atoms with E-state index in [1.165, 1.54) is 11.9 Å². The Morgan fingerprint density at radius 3 is 2.06 bits per heavy atom. The quantitative estimate of drug-likeness (QED) is 0.194. The zero-order chi connectivity index (χ0) is 37.4. The first-order valence-electron chi connectivity index (χ1n) is 18.5. The molecule has 0 saturated carbocycles. The zero-order valence-corrected chi connectivity index (χ0v) is 31.8. The molecular weight excluding hydrogens is 687 g/mol. The molecule has 4 aromatic rings. The topological polar surface area (TPSA) is 128 Å². The van der Waals surface area contributed by atoms with Crippen LogP contribution in [0.2, 0.25) is 0 Å². The SMILES string of the molecule is Cc1ncnc(C)c1C(=O)N1CCC(C)(N2CCC(N(Cc3ccccc3)c3ccc(CNS(=O)(=O)CCNC(=O)c4ccccc4)cc3)CC2)CC1. The van der Waals surface area contributed by atoms with Crippen LogP contribution in [0.15, 0.2) is 91.3 Å². The molecule has 2 amide bonds. The molecule has 1 aromatic heterocycles. The van der Waals surface area contributed by atoms with Crippen molar-refractivity contribution in [2.45, 2.75) is 71.1 Å². The third-order valence-electron chi connectivity index (χ3n) is 10.9. The number of hydrogen-bond acceptors (Lipinski definition) is 8. The number of hydrogen-bond donors (Lipinski definition) is 2. The number of benzene rings is 3. The van der Waals surface area contributed by atoms with Gasteiger partial charge in [-0.15, -0.1) is 0 Å². The number of likely N-dealkylation sites (tertiary alicyclic amines) is 2. The van der Waals surface area contributed by atoms with Crippen LogP contribution < -0.4 is 14.9 Å². The fraction of sp³-hybridized carbons (Fsp3) is 0.415. The van der Waals surface area contributed by atoms with Crippen molar-refractivity contribution >= 4 is 27.5 Å². The largest absolute Gasteiger partial charge is 0.364 e. The van der Waals surface area contributed by atoms with Crippen molar-refractivity contribution in [3.8, 4) is 0 Å². The number of rotatable bonds is 13. The highest BCUT2D eigenvalue weighted by atomic mass is 32.2. The molecule has 0 spiro atoms. The maximum Gasteiger partial charge on any atom is 0.257 e. The van der Waals surface area contributed by atoms with Crippen molar-refractivity contribution in [2.24, 2.45) is 0 Å². The zero-order valence-electron chi connectivity index (χ0n) is 31.0. The highest BCUT2D eigenvalue weighted by molar-refractivity contribution is 7.89. The van der Waals surface area contributed by atoms with Gasteiger partial charge in [0.1, 0.15) is 6.33 Å². The molecule has 0 atom stereocenters. The monoisotopic (exact) mass is 737 g/mol. The van der Waals surface area contributed by atoms with Crippen LogP contribution in [0.1, 0.15) is 75.8 Å². The Morgan fingerprint density at radius 1 is 0.830 bits per heavy atom. The van der Waals surface area contributed by atoms with Gasteiger partial charge in [-0.1, -0.05) is 60.7 Å². The summed E-state index contributed by atoms with van der Waals surface area (Å²) >= 11 is 0. The van der Waals surface area contributed by atoms with Crippen LogP contribution in [0.4, 0.5) is 5.69 Å². The van der Waals surface area contributed by atoms with Gasteiger partial charge < -0.3 is 15.1 Å². The molecule has 11 nitrogen and oxygen atoms in total. The number of carbonyl (C=O) groups is 2. The molecular formula is C41H51N7O4S. The molecule has 2 N–H and O–H groups in total. The number of carbonyl (C=O) groups excluding carboxylic acids is 2. The number of piperidine rings is 2. The van der Waals surface area contributed by atoms with E-state index in [4.69, 9.17) is 0 Å². The van der Waals surface area contributed by atoms with Gasteiger partial charge in [-0.3, -0.25) is 14.5 Å². The van der Waals surface area contributed by atoms with Gasteiger partial charge in [-0.2, -0.15) is 0 Å². The van der Waals surface area contributed by atoms with E-state index in [0.29, 0.717) is 17.2 Å². The minimum Gasteiger partial charge on any atom is -0.364 e. The second-order valence-electron chi connectivity index (χ2n) is 14.5. The Kier molecular flexibility index (Phi) is 12.2.